The molecule has 6 nitrogen and oxygen atoms in total. The van der Waals surface area contributed by atoms with Crippen molar-refractivity contribution in [2.24, 2.45) is 0 Å². The Kier molecular flexibility index (Phi) is 7.18. The van der Waals surface area contributed by atoms with Crippen molar-refractivity contribution in [1.82, 2.24) is 10.9 Å². The molecule has 0 aliphatic carbocycles. The summed E-state index contributed by atoms with van der Waals surface area (Å²) in [7, 11) is 0. The van der Waals surface area contributed by atoms with E-state index in [1.807, 2.05) is 32.0 Å². The maximum atomic E-state index is 13.1. The van der Waals surface area contributed by atoms with Crippen molar-refractivity contribution < 1.29 is 23.5 Å². The van der Waals surface area contributed by atoms with E-state index in [0.717, 1.165) is 11.1 Å². The van der Waals surface area contributed by atoms with Crippen LogP contribution < -0.4 is 20.3 Å². The third-order valence-electron chi connectivity index (χ3n) is 3.65. The van der Waals surface area contributed by atoms with Crippen molar-refractivity contribution in [3.05, 3.63) is 57.8 Å². The molecule has 0 saturated carbocycles. The highest BCUT2D eigenvalue weighted by Crippen LogP contribution is 2.26. The molecule has 0 fully saturated rings. The summed E-state index contributed by atoms with van der Waals surface area (Å²) in [6.07, 6.45) is -0.911. The van der Waals surface area contributed by atoms with Gasteiger partial charge >= 0.3 is 0 Å². The maximum Gasteiger partial charge on any atom is 0.279 e. The number of amides is 2. The smallest absolute Gasteiger partial charge is 0.279 e. The molecule has 2 amide bonds. The summed E-state index contributed by atoms with van der Waals surface area (Å²) in [6, 6.07) is 9.52. The normalized spacial score (nSPS) is 11.4. The van der Waals surface area contributed by atoms with Crippen LogP contribution in [0.25, 0.3) is 0 Å². The summed E-state index contributed by atoms with van der Waals surface area (Å²) < 4.78 is 24.4. The van der Waals surface area contributed by atoms with E-state index in [0.29, 0.717) is 16.0 Å². The quantitative estimate of drug-likeness (QED) is 0.678. The van der Waals surface area contributed by atoms with Gasteiger partial charge in [0.2, 0.25) is 0 Å². The molecule has 0 aliphatic heterocycles. The lowest BCUT2D eigenvalue weighted by Crippen LogP contribution is -2.48. The molecule has 0 spiro atoms. The van der Waals surface area contributed by atoms with Crippen LogP contribution in [0.4, 0.5) is 4.39 Å². The Bertz CT molecular complexity index is 824. The standard InChI is InChI=1S/C19H20BrFN2O4/c1-11-5-4-6-12(2)18(11)26-10-17(24)22-23-19(25)13(3)27-16-8-7-14(21)9-15(16)20/h4-9,13H,10H2,1-3H3,(H,22,24)(H,23,25). The highest BCUT2D eigenvalue weighted by molar-refractivity contribution is 9.10. The summed E-state index contributed by atoms with van der Waals surface area (Å²) in [5.41, 5.74) is 6.36. The zero-order valence-electron chi connectivity index (χ0n) is 15.1. The van der Waals surface area contributed by atoms with Gasteiger partial charge in [0.05, 0.1) is 4.47 Å². The zero-order valence-corrected chi connectivity index (χ0v) is 16.7. The highest BCUT2D eigenvalue weighted by Gasteiger charge is 2.17. The van der Waals surface area contributed by atoms with Crippen LogP contribution in [0.2, 0.25) is 0 Å². The van der Waals surface area contributed by atoms with Crippen LogP contribution in [0.1, 0.15) is 18.1 Å². The third kappa shape index (κ3) is 5.96. The SMILES string of the molecule is Cc1cccc(C)c1OCC(=O)NNC(=O)C(C)Oc1ccc(F)cc1Br. The van der Waals surface area contributed by atoms with E-state index < -0.39 is 23.7 Å². The number of benzene rings is 2. The van der Waals surface area contributed by atoms with E-state index in [4.69, 9.17) is 9.47 Å². The number of hydrazine groups is 1. The number of aryl methyl sites for hydroxylation is 2. The number of hydrogen-bond donors (Lipinski definition) is 2. The molecule has 144 valence electrons. The van der Waals surface area contributed by atoms with Crippen LogP contribution in [-0.4, -0.2) is 24.5 Å². The van der Waals surface area contributed by atoms with Gasteiger partial charge < -0.3 is 9.47 Å². The Morgan fingerprint density at radius 3 is 2.44 bits per heavy atom. The molecule has 0 saturated heterocycles. The van der Waals surface area contributed by atoms with Gasteiger partial charge in [-0.05, 0) is 66.0 Å². The van der Waals surface area contributed by atoms with E-state index in [9.17, 15) is 14.0 Å². The fourth-order valence-electron chi connectivity index (χ4n) is 2.25. The molecule has 0 aliphatic rings. The van der Waals surface area contributed by atoms with Gasteiger partial charge in [0.25, 0.3) is 11.8 Å². The summed E-state index contributed by atoms with van der Waals surface area (Å²) in [6.45, 7) is 5.03. The van der Waals surface area contributed by atoms with Gasteiger partial charge in [-0.15, -0.1) is 0 Å². The lowest BCUT2D eigenvalue weighted by Gasteiger charge is -2.16. The first-order valence-corrected chi connectivity index (χ1v) is 8.96. The van der Waals surface area contributed by atoms with E-state index >= 15 is 0 Å². The molecule has 2 aromatic carbocycles. The molecular formula is C19H20BrFN2O4. The van der Waals surface area contributed by atoms with Crippen LogP contribution in [0, 0.1) is 19.7 Å². The minimum Gasteiger partial charge on any atom is -0.483 e. The minimum atomic E-state index is -0.911. The van der Waals surface area contributed by atoms with E-state index in [1.165, 1.54) is 25.1 Å². The zero-order chi connectivity index (χ0) is 20.0. The largest absolute Gasteiger partial charge is 0.483 e. The topological polar surface area (TPSA) is 76.7 Å². The van der Waals surface area contributed by atoms with Crippen molar-refractivity contribution in [2.75, 3.05) is 6.61 Å². The molecule has 0 aromatic heterocycles. The summed E-state index contributed by atoms with van der Waals surface area (Å²) in [5, 5.41) is 0. The molecule has 2 N–H and O–H groups in total. The Morgan fingerprint density at radius 1 is 1.15 bits per heavy atom. The number of ether oxygens (including phenoxy) is 2. The van der Waals surface area contributed by atoms with Crippen LogP contribution in [0.3, 0.4) is 0 Å². The second kappa shape index (κ2) is 9.36. The maximum absolute atomic E-state index is 13.1. The molecule has 2 rings (SSSR count). The molecule has 1 atom stereocenters. The predicted molar refractivity (Wildman–Crippen MR) is 102 cm³/mol. The average molecular weight is 439 g/mol. The first-order chi connectivity index (χ1) is 12.8. The molecule has 8 heteroatoms. The number of para-hydroxylation sites is 1. The molecule has 2 aromatic rings. The lowest BCUT2D eigenvalue weighted by molar-refractivity contribution is -0.133. The lowest BCUT2D eigenvalue weighted by atomic mass is 10.1. The summed E-state index contributed by atoms with van der Waals surface area (Å²) >= 11 is 3.16. The van der Waals surface area contributed by atoms with Crippen molar-refractivity contribution >= 4 is 27.7 Å². The van der Waals surface area contributed by atoms with Crippen molar-refractivity contribution in [3.63, 3.8) is 0 Å². The summed E-state index contributed by atoms with van der Waals surface area (Å²) in [5.74, 6) is -0.559. The van der Waals surface area contributed by atoms with Crippen LogP contribution in [0.15, 0.2) is 40.9 Å². The fraction of sp³-hybridized carbons (Fsp3) is 0.263. The molecule has 0 bridgehead atoms. The number of halogens is 2. The molecule has 1 unspecified atom stereocenters. The van der Waals surface area contributed by atoms with Gasteiger partial charge in [0.1, 0.15) is 17.3 Å². The van der Waals surface area contributed by atoms with Crippen molar-refractivity contribution in [3.8, 4) is 11.5 Å². The number of carbonyl (C=O) groups excluding carboxylic acids is 2. The molecular weight excluding hydrogens is 419 g/mol. The Labute approximate surface area is 165 Å². The average Bonchev–Trinajstić information content (AvgIpc) is 2.61. The molecule has 27 heavy (non-hydrogen) atoms. The molecule has 0 heterocycles. The monoisotopic (exact) mass is 438 g/mol. The Balaban J connectivity index is 1.81. The number of nitrogens with one attached hydrogen (secondary N) is 2. The number of rotatable bonds is 6. The highest BCUT2D eigenvalue weighted by atomic mass is 79.9. The van der Waals surface area contributed by atoms with Crippen molar-refractivity contribution in [1.29, 1.82) is 0 Å². The van der Waals surface area contributed by atoms with Gasteiger partial charge in [-0.25, -0.2) is 4.39 Å². The van der Waals surface area contributed by atoms with E-state index in [1.54, 1.807) is 0 Å². The number of carbonyl (C=O) groups is 2. The third-order valence-corrected chi connectivity index (χ3v) is 4.27. The fourth-order valence-corrected chi connectivity index (χ4v) is 2.69. The van der Waals surface area contributed by atoms with Gasteiger partial charge in [-0.2, -0.15) is 0 Å². The second-order valence-corrected chi connectivity index (χ2v) is 6.74. The van der Waals surface area contributed by atoms with Gasteiger partial charge in [0.15, 0.2) is 12.7 Å². The number of hydrogen-bond acceptors (Lipinski definition) is 4. The van der Waals surface area contributed by atoms with Crippen molar-refractivity contribution in [2.45, 2.75) is 26.9 Å². The Hall–Kier alpha value is -2.61. The molecule has 0 radical (unpaired) electrons. The summed E-state index contributed by atoms with van der Waals surface area (Å²) in [4.78, 5) is 23.9. The van der Waals surface area contributed by atoms with Crippen LogP contribution in [0.5, 0.6) is 11.5 Å². The van der Waals surface area contributed by atoms with Gasteiger partial charge in [-0.3, -0.25) is 20.4 Å². The van der Waals surface area contributed by atoms with Gasteiger partial charge in [-0.1, -0.05) is 18.2 Å². The second-order valence-electron chi connectivity index (χ2n) is 5.88. The Morgan fingerprint density at radius 2 is 1.81 bits per heavy atom. The first-order valence-electron chi connectivity index (χ1n) is 8.17. The minimum absolute atomic E-state index is 0.245. The van der Waals surface area contributed by atoms with E-state index in [2.05, 4.69) is 26.8 Å². The predicted octanol–water partition coefficient (Wildman–Crippen LogP) is 3.20. The van der Waals surface area contributed by atoms with Gasteiger partial charge in [0, 0.05) is 0 Å². The van der Waals surface area contributed by atoms with Crippen LogP contribution in [-0.2, 0) is 9.59 Å². The first kappa shape index (κ1) is 20.7. The van der Waals surface area contributed by atoms with Crippen LogP contribution >= 0.6 is 15.9 Å². The van der Waals surface area contributed by atoms with E-state index in [-0.39, 0.29) is 6.61 Å².